The molecule has 2 N–H and O–H groups in total. The predicted octanol–water partition coefficient (Wildman–Crippen LogP) is 1.29. The Bertz CT molecular complexity index is 262. The number of carbonyl (C=O) groups is 1. The Morgan fingerprint density at radius 1 is 1.47 bits per heavy atom. The van der Waals surface area contributed by atoms with E-state index < -0.39 is 0 Å². The van der Waals surface area contributed by atoms with E-state index >= 15 is 0 Å². The van der Waals surface area contributed by atoms with Crippen LogP contribution in [0.4, 0.5) is 0 Å². The smallest absolute Gasteiger partial charge is 0.237 e. The van der Waals surface area contributed by atoms with Crippen molar-refractivity contribution in [3.05, 3.63) is 0 Å². The molecule has 0 aromatic carbocycles. The van der Waals surface area contributed by atoms with E-state index in [-0.39, 0.29) is 17.4 Å². The molecule has 2 fully saturated rings. The molecule has 86 valence electrons. The lowest BCUT2D eigenvalue weighted by molar-refractivity contribution is -0.127. The van der Waals surface area contributed by atoms with Gasteiger partial charge in [-0.1, -0.05) is 20.8 Å². The van der Waals surface area contributed by atoms with Crippen molar-refractivity contribution in [3.63, 3.8) is 0 Å². The van der Waals surface area contributed by atoms with Gasteiger partial charge in [-0.25, -0.2) is 0 Å². The average molecular weight is 210 g/mol. The summed E-state index contributed by atoms with van der Waals surface area (Å²) in [7, 11) is 0. The highest BCUT2D eigenvalue weighted by molar-refractivity contribution is 5.83. The molecule has 1 amide bonds. The van der Waals surface area contributed by atoms with E-state index in [0.717, 1.165) is 19.4 Å². The lowest BCUT2D eigenvalue weighted by Gasteiger charge is -2.38. The van der Waals surface area contributed by atoms with Crippen molar-refractivity contribution in [2.75, 3.05) is 6.54 Å². The molecule has 0 spiro atoms. The summed E-state index contributed by atoms with van der Waals surface area (Å²) in [6.45, 7) is 7.52. The third-order valence-electron chi connectivity index (χ3n) is 3.83. The number of amides is 1. The van der Waals surface area contributed by atoms with Gasteiger partial charge in [0, 0.05) is 6.04 Å². The van der Waals surface area contributed by atoms with Crippen LogP contribution in [0, 0.1) is 11.3 Å². The van der Waals surface area contributed by atoms with E-state index in [0.29, 0.717) is 12.0 Å². The van der Waals surface area contributed by atoms with Crippen LogP contribution >= 0.6 is 0 Å². The minimum atomic E-state index is -0.000880. The molecule has 3 heteroatoms. The monoisotopic (exact) mass is 210 g/mol. The van der Waals surface area contributed by atoms with Crippen LogP contribution < -0.4 is 10.6 Å². The first kappa shape index (κ1) is 10.9. The van der Waals surface area contributed by atoms with Gasteiger partial charge in [-0.05, 0) is 37.1 Å². The number of rotatable bonds is 2. The summed E-state index contributed by atoms with van der Waals surface area (Å²) in [6, 6.07) is 0.441. The van der Waals surface area contributed by atoms with Crippen molar-refractivity contribution >= 4 is 5.91 Å². The van der Waals surface area contributed by atoms with Gasteiger partial charge in [0.15, 0.2) is 0 Å². The first-order chi connectivity index (χ1) is 7.00. The van der Waals surface area contributed by atoms with Crippen LogP contribution in [0.1, 0.15) is 40.0 Å². The van der Waals surface area contributed by atoms with Crippen molar-refractivity contribution < 1.29 is 4.79 Å². The lowest BCUT2D eigenvalue weighted by Crippen LogP contribution is -2.56. The molecular formula is C12H22N2O. The van der Waals surface area contributed by atoms with E-state index in [2.05, 4.69) is 31.4 Å². The summed E-state index contributed by atoms with van der Waals surface area (Å²) in [4.78, 5) is 12.0. The van der Waals surface area contributed by atoms with Crippen LogP contribution in [0.25, 0.3) is 0 Å². The molecule has 2 aliphatic rings. The van der Waals surface area contributed by atoms with Crippen LogP contribution in [0.3, 0.4) is 0 Å². The molecule has 1 aliphatic heterocycles. The van der Waals surface area contributed by atoms with Crippen molar-refractivity contribution in [3.8, 4) is 0 Å². The van der Waals surface area contributed by atoms with Crippen molar-refractivity contribution in [2.24, 2.45) is 11.3 Å². The fourth-order valence-corrected chi connectivity index (χ4v) is 2.45. The molecule has 1 saturated heterocycles. The molecule has 1 heterocycles. The van der Waals surface area contributed by atoms with Crippen molar-refractivity contribution in [1.82, 2.24) is 10.6 Å². The molecule has 3 atom stereocenters. The normalized spacial score (nSPS) is 38.5. The topological polar surface area (TPSA) is 41.1 Å². The minimum Gasteiger partial charge on any atom is -0.352 e. The number of carbonyl (C=O) groups excluding carboxylic acids is 1. The summed E-state index contributed by atoms with van der Waals surface area (Å²) < 4.78 is 0. The lowest BCUT2D eigenvalue weighted by atomic mass is 9.77. The van der Waals surface area contributed by atoms with Gasteiger partial charge in [0.1, 0.15) is 0 Å². The zero-order chi connectivity index (χ0) is 11.1. The Morgan fingerprint density at radius 3 is 2.67 bits per heavy atom. The number of hydrogen-bond donors (Lipinski definition) is 2. The van der Waals surface area contributed by atoms with E-state index in [1.54, 1.807) is 0 Å². The molecule has 2 rings (SSSR count). The fraction of sp³-hybridized carbons (Fsp3) is 0.917. The summed E-state index contributed by atoms with van der Waals surface area (Å²) in [5, 5.41) is 6.47. The zero-order valence-electron chi connectivity index (χ0n) is 9.97. The first-order valence-corrected chi connectivity index (χ1v) is 6.04. The van der Waals surface area contributed by atoms with E-state index in [9.17, 15) is 4.79 Å². The maximum Gasteiger partial charge on any atom is 0.237 e. The molecule has 0 aromatic rings. The quantitative estimate of drug-likeness (QED) is 0.721. The van der Waals surface area contributed by atoms with Gasteiger partial charge >= 0.3 is 0 Å². The second-order valence-electron chi connectivity index (χ2n) is 5.81. The van der Waals surface area contributed by atoms with Gasteiger partial charge in [0.25, 0.3) is 0 Å². The largest absolute Gasteiger partial charge is 0.352 e. The predicted molar refractivity (Wildman–Crippen MR) is 60.5 cm³/mol. The molecule has 1 aliphatic carbocycles. The Morgan fingerprint density at radius 2 is 2.13 bits per heavy atom. The molecule has 0 aromatic heterocycles. The Hall–Kier alpha value is -0.570. The van der Waals surface area contributed by atoms with Crippen LogP contribution in [-0.4, -0.2) is 24.5 Å². The van der Waals surface area contributed by atoms with Crippen LogP contribution in [0.2, 0.25) is 0 Å². The van der Waals surface area contributed by atoms with E-state index in [1.165, 1.54) is 6.42 Å². The third kappa shape index (κ3) is 2.33. The van der Waals surface area contributed by atoms with Gasteiger partial charge in [0.05, 0.1) is 6.04 Å². The molecule has 3 nitrogen and oxygen atoms in total. The zero-order valence-corrected chi connectivity index (χ0v) is 9.97. The molecule has 0 radical (unpaired) electrons. The highest BCUT2D eigenvalue weighted by Gasteiger charge is 2.41. The molecule has 15 heavy (non-hydrogen) atoms. The standard InChI is InChI=1S/C12H22N2O/c1-8-7-9(8)14-11(15)10-12(2,3)5-4-6-13-10/h8-10,13H,4-7H2,1-3H3,(H,14,15). The Labute approximate surface area is 92.0 Å². The second kappa shape index (κ2) is 3.78. The summed E-state index contributed by atoms with van der Waals surface area (Å²) in [5.74, 6) is 0.884. The molecule has 0 bridgehead atoms. The van der Waals surface area contributed by atoms with Gasteiger partial charge in [-0.15, -0.1) is 0 Å². The van der Waals surface area contributed by atoms with Gasteiger partial charge in [-0.2, -0.15) is 0 Å². The summed E-state index contributed by atoms with van der Waals surface area (Å²) in [5.41, 5.74) is 0.0977. The highest BCUT2D eigenvalue weighted by atomic mass is 16.2. The minimum absolute atomic E-state index is 0.000880. The number of hydrogen-bond acceptors (Lipinski definition) is 2. The van der Waals surface area contributed by atoms with Crippen molar-refractivity contribution in [1.29, 1.82) is 0 Å². The Balaban J connectivity index is 1.92. The van der Waals surface area contributed by atoms with Gasteiger partial charge in [-0.3, -0.25) is 4.79 Å². The highest BCUT2D eigenvalue weighted by Crippen LogP contribution is 2.32. The van der Waals surface area contributed by atoms with E-state index in [1.807, 2.05) is 0 Å². The average Bonchev–Trinajstić information content (AvgIpc) is 2.80. The van der Waals surface area contributed by atoms with Crippen LogP contribution in [0.5, 0.6) is 0 Å². The second-order valence-corrected chi connectivity index (χ2v) is 5.81. The summed E-state index contributed by atoms with van der Waals surface area (Å²) >= 11 is 0. The molecule has 3 unspecified atom stereocenters. The molecular weight excluding hydrogens is 188 g/mol. The maximum atomic E-state index is 12.0. The number of piperidine rings is 1. The van der Waals surface area contributed by atoms with Gasteiger partial charge < -0.3 is 10.6 Å². The van der Waals surface area contributed by atoms with Crippen LogP contribution in [-0.2, 0) is 4.79 Å². The maximum absolute atomic E-state index is 12.0. The van der Waals surface area contributed by atoms with Gasteiger partial charge in [0.2, 0.25) is 5.91 Å². The molecule has 1 saturated carbocycles. The SMILES string of the molecule is CC1CC1NC(=O)C1NCCCC1(C)C. The Kier molecular flexibility index (Phi) is 2.75. The number of nitrogens with one attached hydrogen (secondary N) is 2. The van der Waals surface area contributed by atoms with E-state index in [4.69, 9.17) is 0 Å². The van der Waals surface area contributed by atoms with Crippen molar-refractivity contribution in [2.45, 2.75) is 52.1 Å². The first-order valence-electron chi connectivity index (χ1n) is 6.04. The fourth-order valence-electron chi connectivity index (χ4n) is 2.45. The summed E-state index contributed by atoms with van der Waals surface area (Å²) in [6.07, 6.45) is 3.47. The third-order valence-corrected chi connectivity index (χ3v) is 3.83. The van der Waals surface area contributed by atoms with Crippen LogP contribution in [0.15, 0.2) is 0 Å².